The fraction of sp³-hybridized carbons (Fsp3) is 0.125. The molecule has 2 heterocycles. The zero-order chi connectivity index (χ0) is 23.2. The minimum Gasteiger partial charge on any atom is -0.375 e. The highest BCUT2D eigenvalue weighted by Gasteiger charge is 2.18. The summed E-state index contributed by atoms with van der Waals surface area (Å²) in [6.07, 6.45) is 3.43. The number of rotatable bonds is 7. The SMILES string of the molecule is C[n+]1c(-c2ccncc2)n[nH]c1CNc1cccc(C(=O)NCc2cc(C#N)ccc2F)c1.[HH].[HH]. The quantitative estimate of drug-likeness (QED) is 0.377. The molecule has 4 aromatic rings. The number of benzene rings is 2. The first-order valence-corrected chi connectivity index (χ1v) is 10.2. The molecule has 0 saturated heterocycles. The summed E-state index contributed by atoms with van der Waals surface area (Å²) in [4.78, 5) is 16.6. The summed E-state index contributed by atoms with van der Waals surface area (Å²) in [6, 6.07) is 16.8. The molecule has 9 heteroatoms. The number of H-pyrrole nitrogens is 1. The van der Waals surface area contributed by atoms with Crippen LogP contribution in [0.25, 0.3) is 11.4 Å². The Bertz CT molecular complexity index is 1340. The smallest absolute Gasteiger partial charge is 0.308 e. The van der Waals surface area contributed by atoms with E-state index in [0.29, 0.717) is 17.7 Å². The lowest BCUT2D eigenvalue weighted by atomic mass is 10.1. The van der Waals surface area contributed by atoms with E-state index in [4.69, 9.17) is 5.26 Å². The van der Waals surface area contributed by atoms with E-state index in [1.807, 2.05) is 35.9 Å². The monoisotopic (exact) mass is 446 g/mol. The molecule has 0 spiro atoms. The van der Waals surface area contributed by atoms with E-state index in [0.717, 1.165) is 22.9 Å². The number of nitrogens with zero attached hydrogens (tertiary/aromatic N) is 4. The number of amides is 1. The second-order valence-electron chi connectivity index (χ2n) is 7.32. The first kappa shape index (κ1) is 21.6. The van der Waals surface area contributed by atoms with Gasteiger partial charge in [0.1, 0.15) is 12.4 Å². The van der Waals surface area contributed by atoms with Crippen LogP contribution in [-0.4, -0.2) is 21.1 Å². The molecule has 8 nitrogen and oxygen atoms in total. The Morgan fingerprint density at radius 3 is 2.79 bits per heavy atom. The molecule has 168 valence electrons. The molecule has 33 heavy (non-hydrogen) atoms. The molecule has 0 fully saturated rings. The Balaban J connectivity index is 0.00000216. The van der Waals surface area contributed by atoms with Gasteiger partial charge in [0.25, 0.3) is 11.7 Å². The number of anilines is 1. The van der Waals surface area contributed by atoms with Gasteiger partial charge < -0.3 is 10.6 Å². The highest BCUT2D eigenvalue weighted by atomic mass is 19.1. The number of carbonyl (C=O) groups excluding carboxylic acids is 1. The molecular weight excluding hydrogens is 421 g/mol. The van der Waals surface area contributed by atoms with E-state index >= 15 is 0 Å². The highest BCUT2D eigenvalue weighted by Crippen LogP contribution is 2.14. The Kier molecular flexibility index (Phi) is 6.36. The molecule has 4 rings (SSSR count). The summed E-state index contributed by atoms with van der Waals surface area (Å²) in [7, 11) is 1.92. The van der Waals surface area contributed by atoms with E-state index < -0.39 is 5.82 Å². The van der Waals surface area contributed by atoms with Gasteiger partial charge in [-0.3, -0.25) is 9.78 Å². The Hall–Kier alpha value is -4.58. The van der Waals surface area contributed by atoms with E-state index in [2.05, 4.69) is 25.8 Å². The van der Waals surface area contributed by atoms with Gasteiger partial charge in [-0.1, -0.05) is 6.07 Å². The Morgan fingerprint density at radius 2 is 2.00 bits per heavy atom. The van der Waals surface area contributed by atoms with Crippen LogP contribution in [0.4, 0.5) is 10.1 Å². The van der Waals surface area contributed by atoms with Gasteiger partial charge in [-0.2, -0.15) is 5.26 Å². The number of hydrogen-bond donors (Lipinski definition) is 3. The van der Waals surface area contributed by atoms with Crippen LogP contribution in [0.1, 0.15) is 30.2 Å². The van der Waals surface area contributed by atoms with Gasteiger partial charge in [0.05, 0.1) is 24.2 Å². The maximum Gasteiger partial charge on any atom is 0.308 e. The molecule has 0 aliphatic heterocycles. The zero-order valence-electron chi connectivity index (χ0n) is 17.8. The number of halogens is 1. The van der Waals surface area contributed by atoms with Gasteiger partial charge >= 0.3 is 5.82 Å². The number of aromatic amines is 1. The predicted octanol–water partition coefficient (Wildman–Crippen LogP) is 3.34. The van der Waals surface area contributed by atoms with Gasteiger partial charge in [-0.25, -0.2) is 8.96 Å². The number of pyridine rings is 1. The van der Waals surface area contributed by atoms with Crippen LogP contribution in [0, 0.1) is 17.1 Å². The zero-order valence-corrected chi connectivity index (χ0v) is 17.8. The fourth-order valence-corrected chi connectivity index (χ4v) is 3.33. The Labute approximate surface area is 192 Å². The van der Waals surface area contributed by atoms with Gasteiger partial charge in [0, 0.05) is 43.7 Å². The third-order valence-corrected chi connectivity index (χ3v) is 5.15. The maximum atomic E-state index is 13.9. The second-order valence-corrected chi connectivity index (χ2v) is 7.32. The van der Waals surface area contributed by atoms with Crippen LogP contribution in [0.3, 0.4) is 0 Å². The lowest BCUT2D eigenvalue weighted by molar-refractivity contribution is -0.668. The number of hydrogen-bond acceptors (Lipinski definition) is 5. The van der Waals surface area contributed by atoms with Gasteiger partial charge in [-0.05, 0) is 48.5 Å². The predicted molar refractivity (Wildman–Crippen MR) is 123 cm³/mol. The summed E-state index contributed by atoms with van der Waals surface area (Å²) in [6.45, 7) is 0.450. The number of aromatic nitrogens is 4. The maximum absolute atomic E-state index is 13.9. The van der Waals surface area contributed by atoms with Crippen LogP contribution in [0.2, 0.25) is 0 Å². The molecule has 2 aromatic carbocycles. The van der Waals surface area contributed by atoms with E-state index in [1.165, 1.54) is 18.2 Å². The third kappa shape index (κ3) is 5.02. The molecular formula is C24H25FN7O+. The van der Waals surface area contributed by atoms with Crippen molar-refractivity contribution in [2.75, 3.05) is 5.32 Å². The summed E-state index contributed by atoms with van der Waals surface area (Å²) in [5.74, 6) is 0.829. The van der Waals surface area contributed by atoms with Gasteiger partial charge in [-0.15, -0.1) is 5.10 Å². The van der Waals surface area contributed by atoms with E-state index in [1.54, 1.807) is 30.6 Å². The topological polar surface area (TPSA) is 110 Å². The average Bonchev–Trinajstić information content (AvgIpc) is 3.23. The molecule has 0 bridgehead atoms. The minimum atomic E-state index is -0.469. The molecule has 2 aromatic heterocycles. The summed E-state index contributed by atoms with van der Waals surface area (Å²) in [5, 5.41) is 22.3. The molecule has 0 unspecified atom stereocenters. The first-order chi connectivity index (χ1) is 16.0. The number of nitriles is 1. The first-order valence-electron chi connectivity index (χ1n) is 10.2. The van der Waals surface area contributed by atoms with Crippen molar-refractivity contribution in [2.24, 2.45) is 7.05 Å². The minimum absolute atomic E-state index is 0. The molecule has 0 aliphatic carbocycles. The van der Waals surface area contributed by atoms with Crippen LogP contribution in [-0.2, 0) is 20.1 Å². The molecule has 0 saturated carbocycles. The number of nitrogens with one attached hydrogen (secondary N) is 3. The van der Waals surface area contributed by atoms with Crippen molar-refractivity contribution in [3.63, 3.8) is 0 Å². The van der Waals surface area contributed by atoms with E-state index in [-0.39, 0.29) is 20.9 Å². The van der Waals surface area contributed by atoms with Crippen molar-refractivity contribution >= 4 is 11.6 Å². The average molecular weight is 447 g/mol. The summed E-state index contributed by atoms with van der Waals surface area (Å²) < 4.78 is 15.9. The lowest BCUT2D eigenvalue weighted by Crippen LogP contribution is -2.34. The van der Waals surface area contributed by atoms with Crippen LogP contribution in [0.5, 0.6) is 0 Å². The van der Waals surface area contributed by atoms with Crippen molar-refractivity contribution in [3.8, 4) is 17.5 Å². The lowest BCUT2D eigenvalue weighted by Gasteiger charge is -2.09. The van der Waals surface area contributed by atoms with Crippen LogP contribution >= 0.6 is 0 Å². The van der Waals surface area contributed by atoms with Crippen molar-refractivity contribution < 1.29 is 16.6 Å². The standard InChI is InChI=1S/C24H20FN7O.2H2/c1-32-22(30-31-23(32)17-7-9-27-10-8-17)15-28-20-4-2-3-18(12-20)24(33)29-14-19-11-16(13-26)5-6-21(19)25;;/h2-12,28H,14-15H2,1H3,(H,29,33);2*1H/p+1. The summed E-state index contributed by atoms with van der Waals surface area (Å²) in [5.41, 5.74) is 2.73. The van der Waals surface area contributed by atoms with E-state index in [9.17, 15) is 9.18 Å². The third-order valence-electron chi connectivity index (χ3n) is 5.15. The second kappa shape index (κ2) is 9.70. The van der Waals surface area contributed by atoms with Gasteiger partial charge in [0.2, 0.25) is 0 Å². The molecule has 1 amide bonds. The molecule has 0 radical (unpaired) electrons. The fourth-order valence-electron chi connectivity index (χ4n) is 3.33. The van der Waals surface area contributed by atoms with Crippen molar-refractivity contribution in [1.82, 2.24) is 20.5 Å². The molecule has 3 N–H and O–H groups in total. The van der Waals surface area contributed by atoms with Crippen molar-refractivity contribution in [1.29, 1.82) is 5.26 Å². The van der Waals surface area contributed by atoms with Crippen LogP contribution in [0.15, 0.2) is 67.0 Å². The van der Waals surface area contributed by atoms with Crippen LogP contribution < -0.4 is 15.2 Å². The highest BCUT2D eigenvalue weighted by molar-refractivity contribution is 5.95. The Morgan fingerprint density at radius 1 is 1.18 bits per heavy atom. The largest absolute Gasteiger partial charge is 0.375 e. The van der Waals surface area contributed by atoms with Gasteiger partial charge in [0.15, 0.2) is 0 Å². The summed E-state index contributed by atoms with van der Waals surface area (Å²) >= 11 is 0. The van der Waals surface area contributed by atoms with Crippen molar-refractivity contribution in [2.45, 2.75) is 13.1 Å². The molecule has 0 aliphatic rings. The number of carbonyl (C=O) groups is 1. The molecule has 0 atom stereocenters. The van der Waals surface area contributed by atoms with Crippen molar-refractivity contribution in [3.05, 3.63) is 95.3 Å². The normalized spacial score (nSPS) is 10.5.